The average molecular weight is 327 g/mol. The highest BCUT2D eigenvalue weighted by Crippen LogP contribution is 2.33. The molecular formula is C20H29N3O. The molecule has 0 saturated carbocycles. The first-order valence-electron chi connectivity index (χ1n) is 9.25. The lowest BCUT2D eigenvalue weighted by Gasteiger charge is -2.35. The van der Waals surface area contributed by atoms with E-state index in [1.807, 2.05) is 13.0 Å². The Kier molecular flexibility index (Phi) is 5.24. The Balaban J connectivity index is 1.93. The highest BCUT2D eigenvalue weighted by atomic mass is 16.5. The maximum atomic E-state index is 10.1. The van der Waals surface area contributed by atoms with E-state index >= 15 is 0 Å². The fourth-order valence-electron chi connectivity index (χ4n) is 4.05. The van der Waals surface area contributed by atoms with E-state index in [0.29, 0.717) is 6.04 Å². The van der Waals surface area contributed by atoms with Gasteiger partial charge in [-0.05, 0) is 69.3 Å². The Hall–Kier alpha value is -1.81. The van der Waals surface area contributed by atoms with Gasteiger partial charge < -0.3 is 10.1 Å². The Bertz CT molecular complexity index is 686. The van der Waals surface area contributed by atoms with E-state index in [4.69, 9.17) is 0 Å². The molecule has 0 aliphatic heterocycles. The Morgan fingerprint density at radius 2 is 2.00 bits per heavy atom. The second-order valence-electron chi connectivity index (χ2n) is 6.94. The molecular weight excluding hydrogens is 298 g/mol. The summed E-state index contributed by atoms with van der Waals surface area (Å²) in [5, 5.41) is 14.2. The average Bonchev–Trinajstić information content (AvgIpc) is 2.92. The highest BCUT2D eigenvalue weighted by Gasteiger charge is 2.26. The van der Waals surface area contributed by atoms with Gasteiger partial charge in [0.15, 0.2) is 0 Å². The van der Waals surface area contributed by atoms with Gasteiger partial charge in [0.1, 0.15) is 5.69 Å². The number of hydrogen-bond donors (Lipinski definition) is 1. The lowest BCUT2D eigenvalue weighted by atomic mass is 9.83. The van der Waals surface area contributed by atoms with E-state index in [-0.39, 0.29) is 0 Å². The fourth-order valence-corrected chi connectivity index (χ4v) is 4.05. The van der Waals surface area contributed by atoms with Gasteiger partial charge in [0, 0.05) is 11.6 Å². The molecule has 1 aromatic heterocycles. The Morgan fingerprint density at radius 3 is 2.62 bits per heavy atom. The third kappa shape index (κ3) is 3.34. The van der Waals surface area contributed by atoms with Crippen molar-refractivity contribution in [3.63, 3.8) is 0 Å². The molecule has 24 heavy (non-hydrogen) atoms. The van der Waals surface area contributed by atoms with E-state index in [2.05, 4.69) is 42.0 Å². The molecule has 1 aliphatic rings. The first kappa shape index (κ1) is 17.0. The van der Waals surface area contributed by atoms with Crippen molar-refractivity contribution in [2.75, 3.05) is 13.1 Å². The molecule has 0 radical (unpaired) electrons. The Labute approximate surface area is 145 Å². The number of nitrogens with zero attached hydrogens (tertiary/aromatic N) is 3. The number of benzene rings is 1. The van der Waals surface area contributed by atoms with Crippen LogP contribution in [0, 0.1) is 6.92 Å². The predicted octanol–water partition coefficient (Wildman–Crippen LogP) is 4.08. The zero-order valence-electron chi connectivity index (χ0n) is 15.1. The molecule has 1 unspecified atom stereocenters. The van der Waals surface area contributed by atoms with E-state index in [9.17, 15) is 5.21 Å². The van der Waals surface area contributed by atoms with Crippen LogP contribution >= 0.6 is 0 Å². The fraction of sp³-hybridized carbons (Fsp3) is 0.550. The number of fused-ring (bicyclic) bond motifs is 1. The van der Waals surface area contributed by atoms with Crippen molar-refractivity contribution >= 4 is 0 Å². The van der Waals surface area contributed by atoms with Crippen LogP contribution in [0.5, 0.6) is 0 Å². The molecule has 0 saturated heterocycles. The maximum Gasteiger partial charge on any atom is 0.110 e. The zero-order chi connectivity index (χ0) is 17.1. The molecule has 0 spiro atoms. The third-order valence-electron chi connectivity index (χ3n) is 5.09. The van der Waals surface area contributed by atoms with Gasteiger partial charge in [-0.2, -0.15) is 0 Å². The SMILES string of the molecule is CCCN(CCC)C1CCc2cccc(-c3cc(C)nn3O)c2C1. The monoisotopic (exact) mass is 327 g/mol. The van der Waals surface area contributed by atoms with Crippen LogP contribution in [0.3, 0.4) is 0 Å². The van der Waals surface area contributed by atoms with Crippen molar-refractivity contribution in [1.29, 1.82) is 0 Å². The molecule has 2 aromatic rings. The van der Waals surface area contributed by atoms with Crippen molar-refractivity contribution in [2.45, 2.75) is 58.9 Å². The van der Waals surface area contributed by atoms with Gasteiger partial charge >= 0.3 is 0 Å². The molecule has 1 N–H and O–H groups in total. The second kappa shape index (κ2) is 7.39. The minimum absolute atomic E-state index is 0.606. The maximum absolute atomic E-state index is 10.1. The second-order valence-corrected chi connectivity index (χ2v) is 6.94. The van der Waals surface area contributed by atoms with Gasteiger partial charge in [0.05, 0.1) is 5.69 Å². The molecule has 130 valence electrons. The standard InChI is InChI=1S/C20H29N3O/c1-4-11-22(12-5-2)17-10-9-16-7-6-8-18(19(16)14-17)20-13-15(3)21-23(20)24/h6-8,13,17,24H,4-5,9-12,14H2,1-3H3. The van der Waals surface area contributed by atoms with E-state index in [0.717, 1.165) is 34.6 Å². The van der Waals surface area contributed by atoms with Gasteiger partial charge in [-0.25, -0.2) is 0 Å². The summed E-state index contributed by atoms with van der Waals surface area (Å²) in [5.74, 6) is 0. The topological polar surface area (TPSA) is 41.3 Å². The summed E-state index contributed by atoms with van der Waals surface area (Å²) >= 11 is 0. The van der Waals surface area contributed by atoms with Crippen LogP contribution in [0.1, 0.15) is 49.9 Å². The van der Waals surface area contributed by atoms with Crippen molar-refractivity contribution in [3.05, 3.63) is 41.1 Å². The summed E-state index contributed by atoms with van der Waals surface area (Å²) in [6.45, 7) is 8.79. The third-order valence-corrected chi connectivity index (χ3v) is 5.09. The summed E-state index contributed by atoms with van der Waals surface area (Å²) in [6.07, 6.45) is 5.82. The summed E-state index contributed by atoms with van der Waals surface area (Å²) in [7, 11) is 0. The van der Waals surface area contributed by atoms with Gasteiger partial charge in [-0.1, -0.05) is 32.0 Å². The quantitative estimate of drug-likeness (QED) is 0.813. The van der Waals surface area contributed by atoms with Gasteiger partial charge in [-0.15, -0.1) is 9.94 Å². The molecule has 0 bridgehead atoms. The van der Waals surface area contributed by atoms with Crippen LogP contribution in [-0.2, 0) is 12.8 Å². The van der Waals surface area contributed by atoms with Crippen molar-refractivity contribution < 1.29 is 5.21 Å². The number of aryl methyl sites for hydroxylation is 2. The molecule has 1 heterocycles. The van der Waals surface area contributed by atoms with Gasteiger partial charge in [-0.3, -0.25) is 0 Å². The van der Waals surface area contributed by atoms with Crippen LogP contribution in [0.15, 0.2) is 24.3 Å². The first-order valence-corrected chi connectivity index (χ1v) is 9.25. The van der Waals surface area contributed by atoms with Crippen LogP contribution in [-0.4, -0.2) is 39.2 Å². The van der Waals surface area contributed by atoms with Crippen molar-refractivity contribution in [3.8, 4) is 11.3 Å². The summed E-state index contributed by atoms with van der Waals surface area (Å²) in [5.41, 5.74) is 5.60. The van der Waals surface area contributed by atoms with E-state index < -0.39 is 0 Å². The number of hydrogen-bond acceptors (Lipinski definition) is 3. The molecule has 1 aliphatic carbocycles. The molecule has 3 rings (SSSR count). The summed E-state index contributed by atoms with van der Waals surface area (Å²) < 4.78 is 0. The molecule has 0 fully saturated rings. The van der Waals surface area contributed by atoms with Gasteiger partial charge in [0.25, 0.3) is 0 Å². The predicted molar refractivity (Wildman–Crippen MR) is 97.6 cm³/mol. The first-order chi connectivity index (χ1) is 11.6. The highest BCUT2D eigenvalue weighted by molar-refractivity contribution is 5.66. The van der Waals surface area contributed by atoms with Crippen molar-refractivity contribution in [1.82, 2.24) is 14.8 Å². The number of rotatable bonds is 6. The van der Waals surface area contributed by atoms with Crippen LogP contribution in [0.2, 0.25) is 0 Å². The number of aromatic nitrogens is 2. The minimum atomic E-state index is 0.606. The smallest absolute Gasteiger partial charge is 0.110 e. The zero-order valence-corrected chi connectivity index (χ0v) is 15.1. The van der Waals surface area contributed by atoms with Crippen LogP contribution in [0.4, 0.5) is 0 Å². The van der Waals surface area contributed by atoms with E-state index in [1.165, 1.54) is 43.5 Å². The largest absolute Gasteiger partial charge is 0.411 e. The lowest BCUT2D eigenvalue weighted by molar-refractivity contribution is 0.152. The normalized spacial score (nSPS) is 17.2. The summed E-state index contributed by atoms with van der Waals surface area (Å²) in [4.78, 5) is 3.69. The van der Waals surface area contributed by atoms with Crippen LogP contribution in [0.25, 0.3) is 11.3 Å². The Morgan fingerprint density at radius 1 is 1.25 bits per heavy atom. The summed E-state index contributed by atoms with van der Waals surface area (Å²) in [6, 6.07) is 9.04. The molecule has 1 aromatic carbocycles. The lowest BCUT2D eigenvalue weighted by Crippen LogP contribution is -2.40. The molecule has 1 atom stereocenters. The van der Waals surface area contributed by atoms with Gasteiger partial charge in [0.2, 0.25) is 0 Å². The van der Waals surface area contributed by atoms with Crippen molar-refractivity contribution in [2.24, 2.45) is 0 Å². The van der Waals surface area contributed by atoms with E-state index in [1.54, 1.807) is 0 Å². The molecule has 4 heteroatoms. The minimum Gasteiger partial charge on any atom is -0.411 e. The molecule has 4 nitrogen and oxygen atoms in total. The van der Waals surface area contributed by atoms with Crippen LogP contribution < -0.4 is 0 Å². The molecule has 0 amide bonds.